The van der Waals surface area contributed by atoms with Gasteiger partial charge in [-0.1, -0.05) is 37.1 Å². The first-order valence-corrected chi connectivity index (χ1v) is 15.1. The molecule has 1 fully saturated rings. The van der Waals surface area contributed by atoms with E-state index >= 15 is 0 Å². The summed E-state index contributed by atoms with van der Waals surface area (Å²) in [6, 6.07) is -0.744. The van der Waals surface area contributed by atoms with Crippen molar-refractivity contribution in [2.24, 2.45) is 17.8 Å². The summed E-state index contributed by atoms with van der Waals surface area (Å²) in [4.78, 5) is 12.5. The van der Waals surface area contributed by atoms with Crippen LogP contribution >= 0.6 is 0 Å². The summed E-state index contributed by atoms with van der Waals surface area (Å²) >= 11 is 0. The number of hydrogen-bond acceptors (Lipinski definition) is 4. The zero-order chi connectivity index (χ0) is 36.7. The van der Waals surface area contributed by atoms with Crippen LogP contribution in [0.5, 0.6) is 0 Å². The summed E-state index contributed by atoms with van der Waals surface area (Å²) in [6.07, 6.45) is 6.45. The van der Waals surface area contributed by atoms with Crippen molar-refractivity contribution in [3.05, 3.63) is 50.6 Å². The molecule has 242 valence electrons. The summed E-state index contributed by atoms with van der Waals surface area (Å²) in [5.41, 5.74) is 0. The van der Waals surface area contributed by atoms with Crippen LogP contribution in [0.1, 0.15) is 26.7 Å². The van der Waals surface area contributed by atoms with E-state index in [0.717, 1.165) is 0 Å². The number of carbonyl (C=O) groups excluding carboxylic acids is 1. The smallest absolute Gasteiger partial charge is 0.297 e. The number of aliphatic hydroxyl groups is 1. The highest BCUT2D eigenvalue weighted by Gasteiger charge is 2.42. The molecule has 1 amide bonds. The Morgan fingerprint density at radius 1 is 0.700 bits per heavy atom. The quantitative estimate of drug-likeness (QED) is 0.267. The Hall–Kier alpha value is -6.97. The molecule has 0 radical (unpaired) electrons. The van der Waals surface area contributed by atoms with Crippen LogP contribution in [0.4, 0.5) is 0 Å². The molecule has 0 bridgehead atoms. The maximum absolute atomic E-state index is 12.5. The van der Waals surface area contributed by atoms with E-state index in [2.05, 4.69) is 174 Å². The normalized spacial score (nSPS) is 17.9. The van der Waals surface area contributed by atoms with Gasteiger partial charge in [-0.05, 0) is 120 Å². The SMILES string of the molecule is C=CCC1O[C@H](OC[C@H](NC(=O)C#CC#CC#CC#CC#CC#CC#CC#CC#CC#CC#CC#CC)[C@H](O)CC)C(C=C)[C@@H](C=C)[C@H]1C=C. The van der Waals surface area contributed by atoms with Crippen LogP contribution in [0.2, 0.25) is 0 Å². The monoisotopic (exact) mass is 651 g/mol. The van der Waals surface area contributed by atoms with Crippen LogP contribution in [0.15, 0.2) is 50.6 Å². The fraction of sp³-hybridized carbons (Fsp3) is 0.267. The molecule has 1 saturated heterocycles. The molecule has 5 nitrogen and oxygen atoms in total. The van der Waals surface area contributed by atoms with Crippen molar-refractivity contribution in [2.45, 2.75) is 51.2 Å². The summed E-state index contributed by atoms with van der Waals surface area (Å²) in [5, 5.41) is 13.2. The number of hydrogen-bond donors (Lipinski definition) is 2. The predicted molar refractivity (Wildman–Crippen MR) is 198 cm³/mol. The minimum absolute atomic E-state index is 0.00222. The second-order valence-corrected chi connectivity index (χ2v) is 9.52. The summed E-state index contributed by atoms with van der Waals surface area (Å²) in [6.45, 7) is 19.2. The van der Waals surface area contributed by atoms with Gasteiger partial charge in [-0.15, -0.1) is 26.3 Å². The molecule has 1 rings (SSSR count). The Kier molecular flexibility index (Phi) is 22.3. The lowest BCUT2D eigenvalue weighted by Gasteiger charge is -2.44. The van der Waals surface area contributed by atoms with E-state index in [-0.39, 0.29) is 30.5 Å². The van der Waals surface area contributed by atoms with Gasteiger partial charge in [-0.25, -0.2) is 0 Å². The lowest BCUT2D eigenvalue weighted by atomic mass is 9.75. The van der Waals surface area contributed by atoms with Crippen molar-refractivity contribution in [1.29, 1.82) is 0 Å². The van der Waals surface area contributed by atoms with Crippen LogP contribution in [0.3, 0.4) is 0 Å². The van der Waals surface area contributed by atoms with E-state index < -0.39 is 24.3 Å². The van der Waals surface area contributed by atoms with Crippen molar-refractivity contribution >= 4 is 5.91 Å². The first kappa shape index (κ1) is 41.1. The van der Waals surface area contributed by atoms with Gasteiger partial charge in [0.15, 0.2) is 6.29 Å². The maximum atomic E-state index is 12.5. The van der Waals surface area contributed by atoms with Gasteiger partial charge < -0.3 is 19.9 Å². The Morgan fingerprint density at radius 3 is 1.50 bits per heavy atom. The lowest BCUT2D eigenvalue weighted by Crippen LogP contribution is -2.50. The van der Waals surface area contributed by atoms with Crippen LogP contribution < -0.4 is 5.32 Å². The maximum Gasteiger partial charge on any atom is 0.297 e. The molecular formula is C45H33NO4. The van der Waals surface area contributed by atoms with Crippen molar-refractivity contribution < 1.29 is 19.4 Å². The van der Waals surface area contributed by atoms with Crippen LogP contribution in [0.25, 0.3) is 0 Å². The third-order valence-corrected chi connectivity index (χ3v) is 6.41. The molecule has 2 N–H and O–H groups in total. The molecule has 5 heteroatoms. The molecule has 0 aromatic carbocycles. The van der Waals surface area contributed by atoms with Gasteiger partial charge in [-0.3, -0.25) is 4.79 Å². The molecule has 7 atom stereocenters. The first-order valence-electron chi connectivity index (χ1n) is 15.1. The second kappa shape index (κ2) is 27.2. The largest absolute Gasteiger partial charge is 0.391 e. The van der Waals surface area contributed by atoms with Crippen molar-refractivity contribution in [3.63, 3.8) is 0 Å². The summed E-state index contributed by atoms with van der Waals surface area (Å²) < 4.78 is 12.3. The Bertz CT molecular complexity index is 2060. The molecule has 0 spiro atoms. The topological polar surface area (TPSA) is 67.8 Å². The third-order valence-electron chi connectivity index (χ3n) is 6.41. The first-order chi connectivity index (χ1) is 24.5. The molecule has 0 saturated carbocycles. The summed E-state index contributed by atoms with van der Waals surface area (Å²) in [7, 11) is 0. The van der Waals surface area contributed by atoms with Crippen molar-refractivity contribution in [1.82, 2.24) is 5.32 Å². The fourth-order valence-electron chi connectivity index (χ4n) is 4.17. The Balaban J connectivity index is 2.70. The van der Waals surface area contributed by atoms with Gasteiger partial charge in [0.25, 0.3) is 5.91 Å². The summed E-state index contributed by atoms with van der Waals surface area (Å²) in [5.74, 6) is 59.1. The Labute approximate surface area is 298 Å². The van der Waals surface area contributed by atoms with Gasteiger partial charge in [0.2, 0.25) is 0 Å². The van der Waals surface area contributed by atoms with E-state index in [1.54, 1.807) is 26.0 Å². The molecule has 1 heterocycles. The van der Waals surface area contributed by atoms with E-state index in [9.17, 15) is 9.90 Å². The molecule has 1 aliphatic rings. The number of rotatable bonds is 11. The van der Waals surface area contributed by atoms with Crippen LogP contribution in [-0.4, -0.2) is 42.2 Å². The standard InChI is InChI=1S/C45H33NO4/c1-7-13-14-15-16-17-18-19-20-21-22-23-24-25-26-27-28-29-30-31-32-33-34-36-44(48)46-41(42(47)12-6)37-49-45-40(11-5)38(9-3)39(10-4)43(50-45)35-8-2/h8-11,38-43,45,47H,2-5,12,35,37H2,1,6H3,(H,46,48)/t38-,39+,40?,41-,42+,43?,45-/m0/s1. The fourth-order valence-corrected chi connectivity index (χ4v) is 4.17. The average Bonchev–Trinajstić information content (AvgIpc) is 3.12. The van der Waals surface area contributed by atoms with Gasteiger partial charge >= 0.3 is 0 Å². The molecule has 0 aromatic heterocycles. The predicted octanol–water partition coefficient (Wildman–Crippen LogP) is 3.03. The minimum Gasteiger partial charge on any atom is -0.391 e. The third kappa shape index (κ3) is 17.1. The lowest BCUT2D eigenvalue weighted by molar-refractivity contribution is -0.236. The number of ether oxygens (including phenoxy) is 2. The second-order valence-electron chi connectivity index (χ2n) is 9.52. The zero-order valence-electron chi connectivity index (χ0n) is 28.0. The Morgan fingerprint density at radius 2 is 1.12 bits per heavy atom. The highest BCUT2D eigenvalue weighted by atomic mass is 16.7. The van der Waals surface area contributed by atoms with Gasteiger partial charge in [0, 0.05) is 53.3 Å². The van der Waals surface area contributed by atoms with Crippen LogP contribution in [0, 0.1) is 160 Å². The molecule has 2 unspecified atom stereocenters. The molecule has 0 aliphatic carbocycles. The number of aliphatic hydroxyl groups excluding tert-OH is 1. The number of nitrogens with one attached hydrogen (secondary N) is 1. The van der Waals surface area contributed by atoms with Crippen molar-refractivity contribution in [3.8, 4) is 142 Å². The minimum atomic E-state index is -0.881. The van der Waals surface area contributed by atoms with Gasteiger partial charge in [-0.2, -0.15) is 0 Å². The number of carbonyl (C=O) groups is 1. The zero-order valence-corrected chi connectivity index (χ0v) is 28.0. The van der Waals surface area contributed by atoms with E-state index in [1.807, 2.05) is 12.2 Å². The number of amides is 1. The van der Waals surface area contributed by atoms with Crippen LogP contribution in [-0.2, 0) is 14.3 Å². The van der Waals surface area contributed by atoms with E-state index in [1.165, 1.54) is 0 Å². The van der Waals surface area contributed by atoms with E-state index in [0.29, 0.717) is 12.8 Å². The van der Waals surface area contributed by atoms with Crippen molar-refractivity contribution in [2.75, 3.05) is 6.61 Å². The highest BCUT2D eigenvalue weighted by molar-refractivity contribution is 5.94. The molecule has 0 aromatic rings. The van der Waals surface area contributed by atoms with Gasteiger partial charge in [0.05, 0.1) is 24.9 Å². The van der Waals surface area contributed by atoms with E-state index in [4.69, 9.17) is 9.47 Å². The highest BCUT2D eigenvalue weighted by Crippen LogP contribution is 2.39. The molecule has 1 aliphatic heterocycles. The number of allylic oxidation sites excluding steroid dienone is 1. The average molecular weight is 652 g/mol. The molecular weight excluding hydrogens is 618 g/mol. The molecule has 50 heavy (non-hydrogen) atoms. The van der Waals surface area contributed by atoms with Gasteiger partial charge in [0.1, 0.15) is 0 Å².